The van der Waals surface area contributed by atoms with E-state index in [-0.39, 0.29) is 25.1 Å². The Bertz CT molecular complexity index is 830. The van der Waals surface area contributed by atoms with Crippen LogP contribution in [-0.2, 0) is 14.3 Å². The van der Waals surface area contributed by atoms with Gasteiger partial charge in [-0.25, -0.2) is 4.79 Å². The van der Waals surface area contributed by atoms with Crippen molar-refractivity contribution in [3.63, 3.8) is 0 Å². The summed E-state index contributed by atoms with van der Waals surface area (Å²) in [5.74, 6) is -1.31. The standard InChI is InChI=1S/C23H30N4O4/c1-26(23(17-24)12-6-3-7-13-23)20(28)16-31-21(29)18-9-8-14-27(15-18)22(30)25-19-10-4-2-5-11-19/h2,4-5,10-11,18H,3,6-9,12-16H2,1H3,(H,25,30). The molecule has 3 rings (SSSR count). The first-order valence-corrected chi connectivity index (χ1v) is 10.9. The van der Waals surface area contributed by atoms with Crippen LogP contribution in [0.15, 0.2) is 30.3 Å². The molecule has 0 bridgehead atoms. The van der Waals surface area contributed by atoms with E-state index in [0.29, 0.717) is 37.9 Å². The van der Waals surface area contributed by atoms with Crippen LogP contribution in [0.2, 0.25) is 0 Å². The van der Waals surface area contributed by atoms with E-state index in [1.165, 1.54) is 4.90 Å². The van der Waals surface area contributed by atoms with Crippen molar-refractivity contribution in [2.24, 2.45) is 5.92 Å². The largest absolute Gasteiger partial charge is 0.455 e. The van der Waals surface area contributed by atoms with Gasteiger partial charge in [0.2, 0.25) is 0 Å². The lowest BCUT2D eigenvalue weighted by molar-refractivity contribution is -0.157. The Morgan fingerprint density at radius 3 is 2.58 bits per heavy atom. The SMILES string of the molecule is CN(C(=O)COC(=O)C1CCCN(C(=O)Nc2ccccc2)C1)C1(C#N)CCCCC1. The van der Waals surface area contributed by atoms with Gasteiger partial charge in [-0.15, -0.1) is 0 Å². The van der Waals surface area contributed by atoms with E-state index in [9.17, 15) is 19.6 Å². The summed E-state index contributed by atoms with van der Waals surface area (Å²) in [6.07, 6.45) is 5.48. The zero-order chi connectivity index (χ0) is 22.3. The lowest BCUT2D eigenvalue weighted by Crippen LogP contribution is -2.51. The van der Waals surface area contributed by atoms with Crippen molar-refractivity contribution in [1.29, 1.82) is 5.26 Å². The second-order valence-electron chi connectivity index (χ2n) is 8.35. The number of nitrogens with one attached hydrogen (secondary N) is 1. The van der Waals surface area contributed by atoms with Crippen molar-refractivity contribution < 1.29 is 19.1 Å². The number of benzene rings is 1. The van der Waals surface area contributed by atoms with Gasteiger partial charge in [-0.05, 0) is 37.8 Å². The molecule has 0 radical (unpaired) electrons. The third-order valence-electron chi connectivity index (χ3n) is 6.31. The van der Waals surface area contributed by atoms with Gasteiger partial charge in [0.25, 0.3) is 5.91 Å². The fourth-order valence-electron chi connectivity index (χ4n) is 4.32. The number of rotatable bonds is 5. The molecule has 0 spiro atoms. The molecule has 1 N–H and O–H groups in total. The second kappa shape index (κ2) is 10.3. The number of carbonyl (C=O) groups excluding carboxylic acids is 3. The highest BCUT2D eigenvalue weighted by Crippen LogP contribution is 2.32. The maximum atomic E-state index is 12.6. The number of likely N-dealkylation sites (tertiary alicyclic amines) is 1. The summed E-state index contributed by atoms with van der Waals surface area (Å²) in [4.78, 5) is 40.7. The van der Waals surface area contributed by atoms with Crippen molar-refractivity contribution in [2.45, 2.75) is 50.5 Å². The third-order valence-corrected chi connectivity index (χ3v) is 6.31. The average molecular weight is 427 g/mol. The Morgan fingerprint density at radius 2 is 1.90 bits per heavy atom. The monoisotopic (exact) mass is 426 g/mol. The Kier molecular flexibility index (Phi) is 7.50. The minimum Gasteiger partial charge on any atom is -0.455 e. The quantitative estimate of drug-likeness (QED) is 0.729. The molecule has 8 heteroatoms. The second-order valence-corrected chi connectivity index (χ2v) is 8.35. The Hall–Kier alpha value is -3.08. The molecule has 1 aliphatic heterocycles. The maximum Gasteiger partial charge on any atom is 0.321 e. The minimum absolute atomic E-state index is 0.254. The van der Waals surface area contributed by atoms with Gasteiger partial charge in [0.1, 0.15) is 5.54 Å². The van der Waals surface area contributed by atoms with Crippen molar-refractivity contribution in [3.05, 3.63) is 30.3 Å². The molecule has 1 saturated carbocycles. The molecule has 1 atom stereocenters. The van der Waals surface area contributed by atoms with Gasteiger partial charge in [0.05, 0.1) is 12.0 Å². The number of nitrogens with zero attached hydrogens (tertiary/aromatic N) is 3. The van der Waals surface area contributed by atoms with E-state index in [1.807, 2.05) is 18.2 Å². The molecule has 1 aromatic rings. The number of amides is 3. The number of ether oxygens (including phenoxy) is 1. The van der Waals surface area contributed by atoms with E-state index in [1.54, 1.807) is 24.1 Å². The predicted molar refractivity (Wildman–Crippen MR) is 115 cm³/mol. The third kappa shape index (κ3) is 5.54. The summed E-state index contributed by atoms with van der Waals surface area (Å²) >= 11 is 0. The van der Waals surface area contributed by atoms with E-state index < -0.39 is 17.4 Å². The fourth-order valence-corrected chi connectivity index (χ4v) is 4.32. The first-order chi connectivity index (χ1) is 14.9. The molecule has 2 fully saturated rings. The van der Waals surface area contributed by atoms with Crippen LogP contribution in [0.5, 0.6) is 0 Å². The molecule has 0 aromatic heterocycles. The highest BCUT2D eigenvalue weighted by molar-refractivity contribution is 5.90. The first-order valence-electron chi connectivity index (χ1n) is 10.9. The topological polar surface area (TPSA) is 103 Å². The van der Waals surface area contributed by atoms with E-state index in [4.69, 9.17) is 4.74 Å². The van der Waals surface area contributed by atoms with Crippen molar-refractivity contribution >= 4 is 23.6 Å². The van der Waals surface area contributed by atoms with Crippen LogP contribution in [0.4, 0.5) is 10.5 Å². The van der Waals surface area contributed by atoms with Crippen LogP contribution in [0.25, 0.3) is 0 Å². The first kappa shape index (κ1) is 22.6. The van der Waals surface area contributed by atoms with E-state index >= 15 is 0 Å². The van der Waals surface area contributed by atoms with Crippen molar-refractivity contribution in [2.75, 3.05) is 32.1 Å². The van der Waals surface area contributed by atoms with Gasteiger partial charge >= 0.3 is 12.0 Å². The molecular weight excluding hydrogens is 396 g/mol. The van der Waals surface area contributed by atoms with Crippen LogP contribution in [0.3, 0.4) is 0 Å². The van der Waals surface area contributed by atoms with Gasteiger partial charge in [-0.1, -0.05) is 37.5 Å². The van der Waals surface area contributed by atoms with Gasteiger partial charge in [0.15, 0.2) is 6.61 Å². The van der Waals surface area contributed by atoms with Gasteiger partial charge in [-0.3, -0.25) is 9.59 Å². The minimum atomic E-state index is -0.807. The number of likely N-dealkylation sites (N-methyl/N-ethyl adjacent to an activating group) is 1. The Balaban J connectivity index is 1.50. The summed E-state index contributed by atoms with van der Waals surface area (Å²) < 4.78 is 5.29. The zero-order valence-electron chi connectivity index (χ0n) is 18.0. The Labute approximate surface area is 183 Å². The summed E-state index contributed by atoms with van der Waals surface area (Å²) in [6, 6.07) is 11.2. The molecule has 3 amide bonds. The molecule has 1 saturated heterocycles. The summed E-state index contributed by atoms with van der Waals surface area (Å²) in [5.41, 5.74) is -0.112. The normalized spacial score (nSPS) is 20.3. The number of anilines is 1. The number of piperidine rings is 1. The van der Waals surface area contributed by atoms with E-state index in [2.05, 4.69) is 11.4 Å². The number of hydrogen-bond donors (Lipinski definition) is 1. The molecule has 8 nitrogen and oxygen atoms in total. The average Bonchev–Trinajstić information content (AvgIpc) is 2.83. The molecule has 166 valence electrons. The molecular formula is C23H30N4O4. The lowest BCUT2D eigenvalue weighted by Gasteiger charge is -2.39. The number of carbonyl (C=O) groups is 3. The number of para-hydroxylation sites is 1. The van der Waals surface area contributed by atoms with Gasteiger partial charge in [-0.2, -0.15) is 5.26 Å². The van der Waals surface area contributed by atoms with Crippen molar-refractivity contribution in [3.8, 4) is 6.07 Å². The maximum absolute atomic E-state index is 12.6. The lowest BCUT2D eigenvalue weighted by atomic mass is 9.81. The van der Waals surface area contributed by atoms with Crippen molar-refractivity contribution in [1.82, 2.24) is 9.80 Å². The van der Waals surface area contributed by atoms with Crippen LogP contribution in [0.1, 0.15) is 44.9 Å². The molecule has 1 aliphatic carbocycles. The Morgan fingerprint density at radius 1 is 1.19 bits per heavy atom. The summed E-state index contributed by atoms with van der Waals surface area (Å²) in [5, 5.41) is 12.5. The van der Waals surface area contributed by atoms with E-state index in [0.717, 1.165) is 19.3 Å². The smallest absolute Gasteiger partial charge is 0.321 e. The number of hydrogen-bond acceptors (Lipinski definition) is 5. The molecule has 1 aromatic carbocycles. The highest BCUT2D eigenvalue weighted by Gasteiger charge is 2.39. The van der Waals surface area contributed by atoms with Gasteiger partial charge in [0, 0.05) is 25.8 Å². The highest BCUT2D eigenvalue weighted by atomic mass is 16.5. The fraction of sp³-hybridized carbons (Fsp3) is 0.565. The summed E-state index contributed by atoms with van der Waals surface area (Å²) in [7, 11) is 1.61. The molecule has 2 aliphatic rings. The summed E-state index contributed by atoms with van der Waals surface area (Å²) in [6.45, 7) is 0.434. The zero-order valence-corrected chi connectivity index (χ0v) is 18.0. The number of urea groups is 1. The molecule has 1 unspecified atom stereocenters. The molecule has 1 heterocycles. The van der Waals surface area contributed by atoms with Crippen LogP contribution < -0.4 is 5.32 Å². The molecule has 31 heavy (non-hydrogen) atoms. The van der Waals surface area contributed by atoms with Gasteiger partial charge < -0.3 is 19.9 Å². The van der Waals surface area contributed by atoms with Crippen LogP contribution in [-0.4, -0.2) is 60.0 Å². The van der Waals surface area contributed by atoms with Crippen LogP contribution >= 0.6 is 0 Å². The number of nitriles is 1. The number of esters is 1. The predicted octanol–water partition coefficient (Wildman–Crippen LogP) is 3.16. The van der Waals surface area contributed by atoms with Crippen LogP contribution in [0, 0.1) is 17.2 Å².